The summed E-state index contributed by atoms with van der Waals surface area (Å²) >= 11 is 0. The Balaban J connectivity index is 1.20. The molecule has 0 bridgehead atoms. The summed E-state index contributed by atoms with van der Waals surface area (Å²) in [7, 11) is 0. The highest BCUT2D eigenvalue weighted by Crippen LogP contribution is 2.54. The first-order chi connectivity index (χ1) is 33.3. The summed E-state index contributed by atoms with van der Waals surface area (Å²) in [5, 5.41) is 9.76. The topological polar surface area (TPSA) is 43.6 Å². The minimum absolute atomic E-state index is 0.617. The fourth-order valence-corrected chi connectivity index (χ4v) is 10.3. The zero-order valence-corrected chi connectivity index (χ0v) is 36.4. The summed E-state index contributed by atoms with van der Waals surface area (Å²) in [5.74, 6) is 1.88. The van der Waals surface area contributed by atoms with Crippen LogP contribution in [0.4, 0.5) is 0 Å². The number of para-hydroxylation sites is 2. The van der Waals surface area contributed by atoms with Gasteiger partial charge in [0.05, 0.1) is 16.7 Å². The third-order valence-corrected chi connectivity index (χ3v) is 13.2. The summed E-state index contributed by atoms with van der Waals surface area (Å²) in [5.41, 5.74) is 13.1. The number of aromatic nitrogens is 4. The zero-order valence-electron chi connectivity index (χ0n) is 36.4. The molecular formula is C63H40N4. The smallest absolute Gasteiger partial charge is 0.164 e. The van der Waals surface area contributed by atoms with Gasteiger partial charge in [0.2, 0.25) is 0 Å². The molecule has 0 unspecified atom stereocenters. The third kappa shape index (κ3) is 6.34. The highest BCUT2D eigenvalue weighted by atomic mass is 15.0. The Morgan fingerprint density at radius 3 is 0.970 bits per heavy atom. The molecule has 4 heteroatoms. The molecule has 2 heterocycles. The lowest BCUT2D eigenvalue weighted by molar-refractivity contribution is 1.07. The van der Waals surface area contributed by atoms with Crippen molar-refractivity contribution in [2.75, 3.05) is 0 Å². The Morgan fingerprint density at radius 2 is 0.522 bits per heavy atom. The van der Waals surface area contributed by atoms with Crippen LogP contribution in [0.15, 0.2) is 243 Å². The van der Waals surface area contributed by atoms with Crippen LogP contribution in [0.25, 0.3) is 127 Å². The molecule has 2 aromatic heterocycles. The molecule has 0 N–H and O–H groups in total. The Hall–Kier alpha value is -8.99. The molecule has 67 heavy (non-hydrogen) atoms. The molecule has 0 atom stereocenters. The van der Waals surface area contributed by atoms with E-state index in [4.69, 9.17) is 15.0 Å². The van der Waals surface area contributed by atoms with Crippen LogP contribution in [0, 0.1) is 0 Å². The van der Waals surface area contributed by atoms with Gasteiger partial charge in [-0.1, -0.05) is 231 Å². The first kappa shape index (κ1) is 38.5. The molecule has 11 aromatic carbocycles. The van der Waals surface area contributed by atoms with Crippen molar-refractivity contribution in [1.29, 1.82) is 0 Å². The maximum absolute atomic E-state index is 5.12. The van der Waals surface area contributed by atoms with Gasteiger partial charge in [-0.3, -0.25) is 0 Å². The summed E-state index contributed by atoms with van der Waals surface area (Å²) < 4.78 is 2.54. The lowest BCUT2D eigenvalue weighted by Crippen LogP contribution is -2.05. The highest BCUT2D eigenvalue weighted by Gasteiger charge is 2.29. The lowest BCUT2D eigenvalue weighted by atomic mass is 9.79. The van der Waals surface area contributed by atoms with E-state index >= 15 is 0 Å². The fourth-order valence-electron chi connectivity index (χ4n) is 10.3. The van der Waals surface area contributed by atoms with Crippen molar-refractivity contribution < 1.29 is 0 Å². The van der Waals surface area contributed by atoms with Crippen molar-refractivity contribution in [2.24, 2.45) is 0 Å². The maximum atomic E-state index is 5.12. The molecule has 0 saturated heterocycles. The van der Waals surface area contributed by atoms with Crippen LogP contribution in [0.3, 0.4) is 0 Å². The predicted molar refractivity (Wildman–Crippen MR) is 279 cm³/mol. The highest BCUT2D eigenvalue weighted by molar-refractivity contribution is 6.34. The van der Waals surface area contributed by atoms with Gasteiger partial charge in [0, 0.05) is 49.5 Å². The van der Waals surface area contributed by atoms with Crippen LogP contribution in [0.1, 0.15) is 0 Å². The van der Waals surface area contributed by atoms with Gasteiger partial charge in [-0.15, -0.1) is 0 Å². The minimum Gasteiger partial charge on any atom is -0.308 e. The summed E-state index contributed by atoms with van der Waals surface area (Å²) in [6.45, 7) is 0. The fraction of sp³-hybridized carbons (Fsp3) is 0. The average molecular weight is 853 g/mol. The van der Waals surface area contributed by atoms with Gasteiger partial charge in [-0.2, -0.15) is 0 Å². The quantitative estimate of drug-likeness (QED) is 0.150. The summed E-state index contributed by atoms with van der Waals surface area (Å²) in [6, 6.07) is 86.8. The minimum atomic E-state index is 0.617. The Bertz CT molecular complexity index is 3880. The van der Waals surface area contributed by atoms with Crippen molar-refractivity contribution in [3.63, 3.8) is 0 Å². The number of fused-ring (bicyclic) bond motifs is 9. The van der Waals surface area contributed by atoms with Crippen LogP contribution < -0.4 is 0 Å². The van der Waals surface area contributed by atoms with Gasteiger partial charge in [0.25, 0.3) is 0 Å². The molecule has 13 aromatic rings. The Morgan fingerprint density at radius 1 is 0.224 bits per heavy atom. The normalized spacial score (nSPS) is 11.6. The van der Waals surface area contributed by atoms with E-state index in [-0.39, 0.29) is 0 Å². The largest absolute Gasteiger partial charge is 0.308 e. The summed E-state index contributed by atoms with van der Waals surface area (Å²) in [6.07, 6.45) is 0. The number of rotatable bonds is 7. The average Bonchev–Trinajstić information content (AvgIpc) is 3.75. The van der Waals surface area contributed by atoms with Crippen molar-refractivity contribution in [2.45, 2.75) is 0 Å². The lowest BCUT2D eigenvalue weighted by Gasteiger charge is -2.27. The van der Waals surface area contributed by atoms with E-state index in [1.807, 2.05) is 36.4 Å². The van der Waals surface area contributed by atoms with Crippen LogP contribution in [0.2, 0.25) is 0 Å². The third-order valence-electron chi connectivity index (χ3n) is 13.2. The van der Waals surface area contributed by atoms with Gasteiger partial charge >= 0.3 is 0 Å². The van der Waals surface area contributed by atoms with E-state index in [9.17, 15) is 0 Å². The number of hydrogen-bond acceptors (Lipinski definition) is 3. The van der Waals surface area contributed by atoms with E-state index in [1.54, 1.807) is 0 Å². The van der Waals surface area contributed by atoms with E-state index in [1.165, 1.54) is 54.2 Å². The van der Waals surface area contributed by atoms with E-state index in [2.05, 4.69) is 211 Å². The monoisotopic (exact) mass is 852 g/mol. The molecule has 0 amide bonds. The van der Waals surface area contributed by atoms with Crippen molar-refractivity contribution >= 4 is 54.1 Å². The van der Waals surface area contributed by atoms with Gasteiger partial charge in [0.1, 0.15) is 0 Å². The molecule has 0 aliphatic heterocycles. The van der Waals surface area contributed by atoms with Crippen molar-refractivity contribution in [3.05, 3.63) is 243 Å². The van der Waals surface area contributed by atoms with Crippen LogP contribution in [-0.4, -0.2) is 19.5 Å². The SMILES string of the molecule is c1ccc(-c2nc(-c3ccccc3)nc(-c3ccc(-c4c(-n5c6ccccc6c6ccccc65)c(-c5ccccc5)c5c6ccccc6c6ccccc6c5c4-c4ccccc4)cc3)n2)cc1. The zero-order chi connectivity index (χ0) is 44.3. The van der Waals surface area contributed by atoms with Crippen molar-refractivity contribution in [3.8, 4) is 73.2 Å². The van der Waals surface area contributed by atoms with Crippen LogP contribution in [0.5, 0.6) is 0 Å². The van der Waals surface area contributed by atoms with Crippen LogP contribution >= 0.6 is 0 Å². The molecular weight excluding hydrogens is 813 g/mol. The van der Waals surface area contributed by atoms with Crippen molar-refractivity contribution in [1.82, 2.24) is 19.5 Å². The molecule has 0 aliphatic rings. The molecule has 0 saturated carbocycles. The second-order valence-electron chi connectivity index (χ2n) is 17.0. The molecule has 4 nitrogen and oxygen atoms in total. The van der Waals surface area contributed by atoms with Gasteiger partial charge < -0.3 is 4.57 Å². The number of hydrogen-bond donors (Lipinski definition) is 0. The first-order valence-corrected chi connectivity index (χ1v) is 22.8. The predicted octanol–water partition coefficient (Wildman–Crippen LogP) is 16.4. The molecule has 0 aliphatic carbocycles. The summed E-state index contributed by atoms with van der Waals surface area (Å²) in [4.78, 5) is 15.2. The van der Waals surface area contributed by atoms with E-state index in [0.717, 1.165) is 55.7 Å². The molecule has 312 valence electrons. The second-order valence-corrected chi connectivity index (χ2v) is 17.0. The Labute approximate surface area is 387 Å². The first-order valence-electron chi connectivity index (χ1n) is 22.8. The van der Waals surface area contributed by atoms with Gasteiger partial charge in [-0.25, -0.2) is 15.0 Å². The molecule has 0 fully saturated rings. The molecule has 0 radical (unpaired) electrons. The van der Waals surface area contributed by atoms with E-state index < -0.39 is 0 Å². The second kappa shape index (κ2) is 15.9. The van der Waals surface area contributed by atoms with E-state index in [0.29, 0.717) is 17.5 Å². The standard InChI is InChI=1S/C63H40N4/c1-5-21-41(22-6-1)55-56(43-37-39-46(40-38-43)63-65-61(44-25-9-3-10-26-44)64-62(66-63)45-27-11-4-12-28-45)60(67-53-35-19-17-31-49(53)50-32-18-20-36-54(50)67)57(42-23-7-2-8-24-42)59-52-34-16-14-30-48(52)47-29-13-15-33-51(47)58(55)59/h1-40H. The number of nitrogens with zero attached hydrogens (tertiary/aromatic N) is 4. The van der Waals surface area contributed by atoms with Gasteiger partial charge in [-0.05, 0) is 55.8 Å². The van der Waals surface area contributed by atoms with Crippen LogP contribution in [-0.2, 0) is 0 Å². The number of benzene rings is 11. The maximum Gasteiger partial charge on any atom is 0.164 e. The molecule has 13 rings (SSSR count). The Kier molecular flexibility index (Phi) is 9.14. The van der Waals surface area contributed by atoms with Gasteiger partial charge in [0.15, 0.2) is 17.5 Å². The molecule has 0 spiro atoms.